The van der Waals surface area contributed by atoms with E-state index in [4.69, 9.17) is 18.8 Å². The number of carbonyl (C=O) groups excluding carboxylic acids is 1. The van der Waals surface area contributed by atoms with Crippen LogP contribution in [0.3, 0.4) is 0 Å². The highest BCUT2D eigenvalue weighted by Crippen LogP contribution is 2.41. The second-order valence-corrected chi connectivity index (χ2v) is 10.2. The average molecular weight is 576 g/mol. The Bertz CT molecular complexity index is 1430. The molecule has 2 heterocycles. The Labute approximate surface area is 228 Å². The van der Waals surface area contributed by atoms with Gasteiger partial charge in [0.1, 0.15) is 25.4 Å². The summed E-state index contributed by atoms with van der Waals surface area (Å²) in [4.78, 5) is 44.8. The molecule has 2 aromatic carbocycles. The van der Waals surface area contributed by atoms with Crippen LogP contribution in [0.4, 0.5) is 4.39 Å². The number of ether oxygens (including phenoxy) is 2. The van der Waals surface area contributed by atoms with Gasteiger partial charge in [0.25, 0.3) is 5.56 Å². The molecule has 0 bridgehead atoms. The summed E-state index contributed by atoms with van der Waals surface area (Å²) in [6, 6.07) is 16.8. The number of hydroxylamine groups is 1. The van der Waals surface area contributed by atoms with Crippen LogP contribution in [0.15, 0.2) is 82.5 Å². The average Bonchev–Trinajstić information content (AvgIpc) is 3.16. The molecule has 0 saturated carbocycles. The molecule has 1 saturated heterocycles. The van der Waals surface area contributed by atoms with Crippen LogP contribution in [0.25, 0.3) is 0 Å². The van der Waals surface area contributed by atoms with E-state index in [0.29, 0.717) is 0 Å². The molecule has 0 amide bonds. The highest BCUT2D eigenvalue weighted by Gasteiger charge is 2.56. The van der Waals surface area contributed by atoms with E-state index in [-0.39, 0.29) is 12.4 Å². The summed E-state index contributed by atoms with van der Waals surface area (Å²) < 4.78 is 45.9. The lowest BCUT2D eigenvalue weighted by atomic mass is 9.98. The first-order valence-corrected chi connectivity index (χ1v) is 13.4. The van der Waals surface area contributed by atoms with Gasteiger partial charge in [0.2, 0.25) is 0 Å². The number of aromatic nitrogens is 2. The van der Waals surface area contributed by atoms with Gasteiger partial charge in [-0.2, -0.15) is 0 Å². The minimum absolute atomic E-state index is 0.0472. The lowest BCUT2D eigenvalue weighted by Gasteiger charge is -2.24. The van der Waals surface area contributed by atoms with Gasteiger partial charge >= 0.3 is 19.8 Å². The van der Waals surface area contributed by atoms with E-state index in [1.54, 1.807) is 54.6 Å². The number of benzene rings is 2. The number of para-hydroxylation sites is 1. The molecule has 0 spiro atoms. The Hall–Kier alpha value is -3.74. The number of H-pyrrole nitrogens is 1. The van der Waals surface area contributed by atoms with Crippen LogP contribution in [0.2, 0.25) is 0 Å². The van der Waals surface area contributed by atoms with Gasteiger partial charge in [-0.25, -0.2) is 13.7 Å². The Balaban J connectivity index is 1.49. The number of nitrogens with one attached hydrogen (secondary N) is 1. The first-order chi connectivity index (χ1) is 19.1. The molecule has 1 aliphatic heterocycles. The third-order valence-electron chi connectivity index (χ3n) is 6.18. The van der Waals surface area contributed by atoms with E-state index in [2.05, 4.69) is 0 Å². The van der Waals surface area contributed by atoms with Gasteiger partial charge in [-0.1, -0.05) is 48.5 Å². The Morgan fingerprint density at radius 2 is 1.82 bits per heavy atom. The number of aromatic amines is 1. The smallest absolute Gasteiger partial charge is 0.459 e. The fourth-order valence-corrected chi connectivity index (χ4v) is 4.88. The van der Waals surface area contributed by atoms with E-state index in [0.717, 1.165) is 34.2 Å². The van der Waals surface area contributed by atoms with Crippen molar-refractivity contribution in [2.24, 2.45) is 0 Å². The number of hydrogen-bond acceptors (Lipinski definition) is 9. The van der Waals surface area contributed by atoms with E-state index in [1.165, 1.54) is 6.92 Å². The molecule has 212 valence electrons. The van der Waals surface area contributed by atoms with Crippen molar-refractivity contribution in [1.29, 1.82) is 0 Å². The second kappa shape index (κ2) is 12.6. The van der Waals surface area contributed by atoms with Gasteiger partial charge in [0.05, 0.1) is 4.83 Å². The third-order valence-corrected chi connectivity index (χ3v) is 7.33. The standard InChI is InChI=1S/C26H27FN3O9P/c1-17(23(33)36-15-18-9-5-3-6-10-18)30(40(35)39-19-11-7-4-8-12-19)37-16-20-22(32)26(2,27)24(38-20)29-14-13-21(31)28-25(29)34/h3-14,17,20,22,24,32H,15-16H2,1-2H3/p+1/t17-,20+,22+,24+,26+/m0/s1. The maximum Gasteiger partial charge on any atom is 0.693 e. The molecule has 1 aromatic heterocycles. The Morgan fingerprint density at radius 1 is 1.18 bits per heavy atom. The SMILES string of the molecule is C[C@@H](C(=O)OCc1ccccc1)N(OC[C@H]1O[C@@H](n2ccc(=O)[nH]c2=O)[C@](C)(F)[C@@H]1O)[P+](=O)Oc1ccccc1. The van der Waals surface area contributed by atoms with Crippen LogP contribution >= 0.6 is 8.18 Å². The minimum atomic E-state index is -2.84. The van der Waals surface area contributed by atoms with Crippen LogP contribution in [0, 0.1) is 0 Å². The molecule has 12 nitrogen and oxygen atoms in total. The van der Waals surface area contributed by atoms with Crippen molar-refractivity contribution in [3.8, 4) is 5.75 Å². The highest BCUT2D eigenvalue weighted by atomic mass is 31.1. The predicted molar refractivity (Wildman–Crippen MR) is 139 cm³/mol. The summed E-state index contributed by atoms with van der Waals surface area (Å²) >= 11 is 0. The van der Waals surface area contributed by atoms with Crippen molar-refractivity contribution in [2.45, 2.75) is 50.6 Å². The zero-order valence-corrected chi connectivity index (χ0v) is 22.5. The lowest BCUT2D eigenvalue weighted by molar-refractivity contribution is -0.181. The summed E-state index contributed by atoms with van der Waals surface area (Å²) in [6.07, 6.45) is -3.74. The first kappa shape index (κ1) is 29.2. The Kier molecular flexibility index (Phi) is 9.23. The van der Waals surface area contributed by atoms with Crippen LogP contribution in [-0.4, -0.2) is 56.0 Å². The molecule has 4 rings (SSSR count). The first-order valence-electron chi connectivity index (χ1n) is 12.2. The monoisotopic (exact) mass is 576 g/mol. The topological polar surface area (TPSA) is 149 Å². The van der Waals surface area contributed by atoms with Gasteiger partial charge < -0.3 is 14.6 Å². The zero-order valence-electron chi connectivity index (χ0n) is 21.6. The van der Waals surface area contributed by atoms with Crippen LogP contribution in [0.1, 0.15) is 25.6 Å². The number of aliphatic hydroxyl groups is 1. The second-order valence-electron chi connectivity index (χ2n) is 9.15. The van der Waals surface area contributed by atoms with Gasteiger partial charge in [-0.15, -0.1) is 0 Å². The molecule has 14 heteroatoms. The normalized spacial score (nSPS) is 23.5. The molecule has 3 aromatic rings. The molecule has 1 fully saturated rings. The summed E-state index contributed by atoms with van der Waals surface area (Å²) in [5.74, 6) is -0.558. The zero-order chi connectivity index (χ0) is 28.9. The molecule has 0 aliphatic carbocycles. The van der Waals surface area contributed by atoms with Gasteiger partial charge in [-0.3, -0.25) is 24.0 Å². The molecular formula is C26H28FN3O9P+. The summed E-state index contributed by atoms with van der Waals surface area (Å²) in [7, 11) is -2.84. The molecule has 1 unspecified atom stereocenters. The van der Waals surface area contributed by atoms with E-state index >= 15 is 4.39 Å². The largest absolute Gasteiger partial charge is 0.693 e. The Morgan fingerprint density at radius 3 is 2.48 bits per heavy atom. The summed E-state index contributed by atoms with van der Waals surface area (Å²) in [5, 5.41) is 10.7. The van der Waals surface area contributed by atoms with Crippen LogP contribution in [0.5, 0.6) is 5.75 Å². The number of alkyl halides is 1. The molecule has 2 N–H and O–H groups in total. The number of esters is 1. The van der Waals surface area contributed by atoms with Crippen molar-refractivity contribution in [1.82, 2.24) is 14.4 Å². The number of nitrogens with zero attached hydrogens (tertiary/aromatic N) is 2. The maximum atomic E-state index is 15.6. The summed E-state index contributed by atoms with van der Waals surface area (Å²) in [5.41, 5.74) is -3.38. The lowest BCUT2D eigenvalue weighted by Crippen LogP contribution is -2.44. The molecule has 6 atom stereocenters. The molecule has 1 aliphatic rings. The predicted octanol–water partition coefficient (Wildman–Crippen LogP) is 2.62. The van der Waals surface area contributed by atoms with Crippen molar-refractivity contribution in [3.63, 3.8) is 0 Å². The highest BCUT2D eigenvalue weighted by molar-refractivity contribution is 7.36. The summed E-state index contributed by atoms with van der Waals surface area (Å²) in [6.45, 7) is 1.78. The number of hydrogen-bond donors (Lipinski definition) is 2. The van der Waals surface area contributed by atoms with Crippen LogP contribution < -0.4 is 15.8 Å². The fourth-order valence-electron chi connectivity index (χ4n) is 3.96. The van der Waals surface area contributed by atoms with Gasteiger partial charge in [-0.05, 0) is 31.5 Å². The van der Waals surface area contributed by atoms with Crippen molar-refractivity contribution < 1.29 is 37.7 Å². The van der Waals surface area contributed by atoms with Gasteiger partial charge in [0, 0.05) is 16.8 Å². The number of aliphatic hydroxyl groups excluding tert-OH is 1. The van der Waals surface area contributed by atoms with E-state index in [9.17, 15) is 24.1 Å². The van der Waals surface area contributed by atoms with Crippen molar-refractivity contribution in [3.05, 3.63) is 99.3 Å². The minimum Gasteiger partial charge on any atom is -0.459 e. The van der Waals surface area contributed by atoms with Crippen LogP contribution in [-0.2, 0) is 30.3 Å². The van der Waals surface area contributed by atoms with E-state index < -0.39 is 62.2 Å². The molecular weight excluding hydrogens is 548 g/mol. The van der Waals surface area contributed by atoms with Gasteiger partial charge in [0.15, 0.2) is 23.7 Å². The van der Waals surface area contributed by atoms with Crippen molar-refractivity contribution in [2.75, 3.05) is 6.61 Å². The molecule has 0 radical (unpaired) electrons. The molecule has 40 heavy (non-hydrogen) atoms. The quantitative estimate of drug-likeness (QED) is 0.198. The van der Waals surface area contributed by atoms with Crippen molar-refractivity contribution >= 4 is 14.1 Å². The fraction of sp³-hybridized carbons (Fsp3) is 0.346. The maximum absolute atomic E-state index is 15.6. The number of carbonyl (C=O) groups is 1. The third kappa shape index (κ3) is 6.69. The number of halogens is 1. The number of rotatable bonds is 11. The van der Waals surface area contributed by atoms with E-state index in [1.807, 2.05) is 11.1 Å².